The lowest BCUT2D eigenvalue weighted by atomic mass is 9.98. The van der Waals surface area contributed by atoms with Crippen molar-refractivity contribution in [2.24, 2.45) is 11.8 Å². The van der Waals surface area contributed by atoms with Gasteiger partial charge in [-0.05, 0) is 32.3 Å². The molecule has 0 spiro atoms. The number of ether oxygens (including phenoxy) is 1. The van der Waals surface area contributed by atoms with E-state index in [1.54, 1.807) is 4.90 Å². The lowest BCUT2D eigenvalue weighted by Gasteiger charge is -2.26. The number of nitrogens with one attached hydrogen (secondary N) is 2. The van der Waals surface area contributed by atoms with Crippen LogP contribution in [0, 0.1) is 11.8 Å². The third kappa shape index (κ3) is 2.08. The van der Waals surface area contributed by atoms with Crippen molar-refractivity contribution >= 4 is 6.09 Å². The molecule has 1 saturated carbocycles. The van der Waals surface area contributed by atoms with Crippen molar-refractivity contribution in [1.29, 1.82) is 0 Å². The Kier molecular flexibility index (Phi) is 2.59. The van der Waals surface area contributed by atoms with Crippen LogP contribution in [-0.4, -0.2) is 40.5 Å². The fourth-order valence-electron chi connectivity index (χ4n) is 3.29. The van der Waals surface area contributed by atoms with E-state index in [9.17, 15) is 9.90 Å². The topological polar surface area (TPSA) is 73.8 Å². The molecule has 0 aromatic rings. The third-order valence-electron chi connectivity index (χ3n) is 4.03. The molecule has 0 bridgehead atoms. The normalized spacial score (nSPS) is 36.6. The van der Waals surface area contributed by atoms with Crippen LogP contribution in [0.25, 0.3) is 0 Å². The van der Waals surface area contributed by atoms with Crippen LogP contribution < -0.4 is 10.9 Å². The van der Waals surface area contributed by atoms with Crippen LogP contribution in [0.15, 0.2) is 11.8 Å². The lowest BCUT2D eigenvalue weighted by Crippen LogP contribution is -2.46. The van der Waals surface area contributed by atoms with Gasteiger partial charge in [0.2, 0.25) is 0 Å². The summed E-state index contributed by atoms with van der Waals surface area (Å²) in [5, 5.41) is 10.4. The van der Waals surface area contributed by atoms with Gasteiger partial charge >= 0.3 is 6.09 Å². The number of nitrogens with zero attached hydrogens (tertiary/aromatic N) is 1. The molecular formula is C13H21N3O3. The number of carbonyl (C=O) groups is 1. The number of hydrazine groups is 1. The standard InChI is InChI=1S/C13H21N3O3/c1-12(2,3)19-11(17)16-6-8-4-13(18)10(5-14-15-13)9(8)7-16/h5,8-9,14-15,18H,4,6-7H2,1-3H3. The third-order valence-corrected chi connectivity index (χ3v) is 4.03. The largest absolute Gasteiger partial charge is 0.444 e. The number of aliphatic hydroxyl groups is 1. The zero-order valence-corrected chi connectivity index (χ0v) is 11.6. The van der Waals surface area contributed by atoms with Crippen LogP contribution in [0.1, 0.15) is 27.2 Å². The molecule has 3 aliphatic rings. The molecule has 0 radical (unpaired) electrons. The maximum atomic E-state index is 12.1. The SMILES string of the molecule is CC(C)(C)OC(=O)N1CC2CC3(O)NNC=C3C2C1. The summed E-state index contributed by atoms with van der Waals surface area (Å²) < 4.78 is 5.40. The van der Waals surface area contributed by atoms with Crippen LogP contribution in [-0.2, 0) is 4.74 Å². The first-order chi connectivity index (χ1) is 8.78. The highest BCUT2D eigenvalue weighted by molar-refractivity contribution is 5.69. The Morgan fingerprint density at radius 3 is 2.95 bits per heavy atom. The predicted molar refractivity (Wildman–Crippen MR) is 68.7 cm³/mol. The van der Waals surface area contributed by atoms with Gasteiger partial charge in [0, 0.05) is 31.6 Å². The molecule has 1 aliphatic carbocycles. The van der Waals surface area contributed by atoms with Crippen LogP contribution in [0.5, 0.6) is 0 Å². The van der Waals surface area contributed by atoms with Crippen molar-refractivity contribution in [1.82, 2.24) is 15.8 Å². The number of rotatable bonds is 0. The zero-order valence-electron chi connectivity index (χ0n) is 11.6. The number of hydrogen-bond acceptors (Lipinski definition) is 5. The minimum Gasteiger partial charge on any atom is -0.444 e. The molecule has 2 heterocycles. The summed E-state index contributed by atoms with van der Waals surface area (Å²) in [6, 6.07) is 0. The fraction of sp³-hybridized carbons (Fsp3) is 0.769. The summed E-state index contributed by atoms with van der Waals surface area (Å²) in [5.41, 5.74) is 5.32. The van der Waals surface area contributed by atoms with Crippen molar-refractivity contribution in [2.45, 2.75) is 38.5 Å². The molecule has 1 saturated heterocycles. The number of amides is 1. The summed E-state index contributed by atoms with van der Waals surface area (Å²) in [4.78, 5) is 13.8. The predicted octanol–water partition coefficient (Wildman–Crippen LogP) is 0.554. The molecule has 2 aliphatic heterocycles. The van der Waals surface area contributed by atoms with Gasteiger partial charge in [-0.25, -0.2) is 10.2 Å². The first-order valence-corrected chi connectivity index (χ1v) is 6.72. The van der Waals surface area contributed by atoms with E-state index in [-0.39, 0.29) is 12.0 Å². The van der Waals surface area contributed by atoms with Gasteiger partial charge in [-0.3, -0.25) is 0 Å². The minimum absolute atomic E-state index is 0.222. The van der Waals surface area contributed by atoms with E-state index in [1.165, 1.54) is 0 Å². The summed E-state index contributed by atoms with van der Waals surface area (Å²) >= 11 is 0. The van der Waals surface area contributed by atoms with Gasteiger partial charge in [-0.1, -0.05) is 0 Å². The number of hydrogen-bond donors (Lipinski definition) is 3. The summed E-state index contributed by atoms with van der Waals surface area (Å²) in [6.45, 7) is 6.88. The van der Waals surface area contributed by atoms with Crippen molar-refractivity contribution in [3.63, 3.8) is 0 Å². The van der Waals surface area contributed by atoms with Gasteiger partial charge in [0.1, 0.15) is 5.60 Å². The molecule has 3 N–H and O–H groups in total. The molecule has 2 fully saturated rings. The molecule has 0 aromatic heterocycles. The van der Waals surface area contributed by atoms with E-state index >= 15 is 0 Å². The van der Waals surface area contributed by atoms with Crippen LogP contribution >= 0.6 is 0 Å². The molecular weight excluding hydrogens is 246 g/mol. The Balaban J connectivity index is 1.69. The lowest BCUT2D eigenvalue weighted by molar-refractivity contribution is 0.0208. The molecule has 106 valence electrons. The maximum absolute atomic E-state index is 12.1. The number of fused-ring (bicyclic) bond motifs is 3. The average molecular weight is 267 g/mol. The zero-order chi connectivity index (χ0) is 13.8. The van der Waals surface area contributed by atoms with E-state index in [1.807, 2.05) is 27.0 Å². The highest BCUT2D eigenvalue weighted by atomic mass is 16.6. The first-order valence-electron chi connectivity index (χ1n) is 6.72. The van der Waals surface area contributed by atoms with E-state index in [0.29, 0.717) is 25.4 Å². The van der Waals surface area contributed by atoms with E-state index in [0.717, 1.165) is 5.57 Å². The Morgan fingerprint density at radius 1 is 1.53 bits per heavy atom. The molecule has 3 atom stereocenters. The first kappa shape index (κ1) is 12.7. The smallest absolute Gasteiger partial charge is 0.410 e. The van der Waals surface area contributed by atoms with E-state index in [4.69, 9.17) is 4.74 Å². The quantitative estimate of drug-likeness (QED) is 0.598. The Bertz CT molecular complexity index is 443. The van der Waals surface area contributed by atoms with Crippen molar-refractivity contribution in [2.75, 3.05) is 13.1 Å². The van der Waals surface area contributed by atoms with Crippen molar-refractivity contribution < 1.29 is 14.6 Å². The number of carbonyl (C=O) groups excluding carboxylic acids is 1. The minimum atomic E-state index is -0.921. The molecule has 0 aromatic carbocycles. The molecule has 1 amide bonds. The maximum Gasteiger partial charge on any atom is 0.410 e. The highest BCUT2D eigenvalue weighted by Crippen LogP contribution is 2.47. The van der Waals surface area contributed by atoms with Crippen molar-refractivity contribution in [3.05, 3.63) is 11.8 Å². The summed E-state index contributed by atoms with van der Waals surface area (Å²) in [5.74, 6) is 0.526. The Hall–Kier alpha value is -1.27. The van der Waals surface area contributed by atoms with Gasteiger partial charge in [0.25, 0.3) is 0 Å². The Labute approximate surface area is 112 Å². The van der Waals surface area contributed by atoms with Gasteiger partial charge < -0.3 is 20.2 Å². The van der Waals surface area contributed by atoms with Gasteiger partial charge in [0.05, 0.1) is 0 Å². The molecule has 6 nitrogen and oxygen atoms in total. The average Bonchev–Trinajstić information content (AvgIpc) is 2.83. The summed E-state index contributed by atoms with van der Waals surface area (Å²) in [6.07, 6.45) is 2.20. The van der Waals surface area contributed by atoms with Gasteiger partial charge in [-0.2, -0.15) is 0 Å². The number of likely N-dealkylation sites (tertiary alicyclic amines) is 1. The fourth-order valence-corrected chi connectivity index (χ4v) is 3.29. The van der Waals surface area contributed by atoms with E-state index < -0.39 is 11.3 Å². The molecule has 3 unspecified atom stereocenters. The van der Waals surface area contributed by atoms with Gasteiger partial charge in [0.15, 0.2) is 5.72 Å². The van der Waals surface area contributed by atoms with Crippen molar-refractivity contribution in [3.8, 4) is 0 Å². The Morgan fingerprint density at radius 2 is 2.26 bits per heavy atom. The summed E-state index contributed by atoms with van der Waals surface area (Å²) in [7, 11) is 0. The molecule has 6 heteroatoms. The second-order valence-corrected chi connectivity index (χ2v) is 6.69. The second-order valence-electron chi connectivity index (χ2n) is 6.69. The van der Waals surface area contributed by atoms with E-state index in [2.05, 4.69) is 10.9 Å². The van der Waals surface area contributed by atoms with Gasteiger partial charge in [-0.15, -0.1) is 0 Å². The molecule has 3 rings (SSSR count). The monoisotopic (exact) mass is 267 g/mol. The molecule has 19 heavy (non-hydrogen) atoms. The van der Waals surface area contributed by atoms with Crippen LogP contribution in [0.4, 0.5) is 4.79 Å². The highest BCUT2D eigenvalue weighted by Gasteiger charge is 2.55. The second kappa shape index (κ2) is 3.86. The van der Waals surface area contributed by atoms with Crippen LogP contribution in [0.2, 0.25) is 0 Å². The van der Waals surface area contributed by atoms with Crippen LogP contribution in [0.3, 0.4) is 0 Å².